The molecule has 0 spiro atoms. The van der Waals surface area contributed by atoms with Crippen LogP contribution in [-0.4, -0.2) is 40.1 Å². The predicted molar refractivity (Wildman–Crippen MR) is 176 cm³/mol. The van der Waals surface area contributed by atoms with Crippen LogP contribution in [0.5, 0.6) is 0 Å². The number of fused-ring (bicyclic) bond motifs is 1. The first-order valence-corrected chi connectivity index (χ1v) is 16.3. The molecule has 44 heavy (non-hydrogen) atoms. The Hall–Kier alpha value is -5.26. The fourth-order valence-corrected chi connectivity index (χ4v) is 9.90. The number of Topliss-reactive ketones (excluding diaryl/α,β-unsaturated/α-hetero) is 1. The average molecular weight is 598 g/mol. The van der Waals surface area contributed by atoms with Crippen LogP contribution in [0.4, 0.5) is 5.69 Å². The number of hydrogen-bond donors (Lipinski definition) is 2. The van der Waals surface area contributed by atoms with Crippen molar-refractivity contribution >= 4 is 46.3 Å². The van der Waals surface area contributed by atoms with Crippen LogP contribution in [0.15, 0.2) is 140 Å². The van der Waals surface area contributed by atoms with Gasteiger partial charge in [-0.15, -0.1) is 0 Å². The van der Waals surface area contributed by atoms with Gasteiger partial charge in [0.2, 0.25) is 11.6 Å². The van der Waals surface area contributed by atoms with Crippen molar-refractivity contribution in [1.29, 1.82) is 0 Å². The number of aromatic nitrogens is 2. The van der Waals surface area contributed by atoms with Gasteiger partial charge in [-0.25, -0.2) is 9.97 Å². The molecule has 2 N–H and O–H groups in total. The Labute approximate surface area is 256 Å². The van der Waals surface area contributed by atoms with Crippen molar-refractivity contribution in [2.45, 2.75) is 6.42 Å². The van der Waals surface area contributed by atoms with Crippen LogP contribution in [0.3, 0.4) is 0 Å². The first kappa shape index (κ1) is 28.8. The first-order chi connectivity index (χ1) is 21.6. The lowest BCUT2D eigenvalue weighted by molar-refractivity contribution is 0.0953. The van der Waals surface area contributed by atoms with E-state index in [1.807, 2.05) is 18.2 Å². The van der Waals surface area contributed by atoms with Crippen LogP contribution in [0.2, 0.25) is 0 Å². The predicted octanol–water partition coefficient (Wildman–Crippen LogP) is 4.97. The summed E-state index contributed by atoms with van der Waals surface area (Å²) in [6, 6.07) is 38.9. The van der Waals surface area contributed by atoms with Crippen LogP contribution < -0.4 is 26.5 Å². The van der Waals surface area contributed by atoms with Crippen molar-refractivity contribution in [3.05, 3.63) is 156 Å². The topological polar surface area (TPSA) is 101 Å². The van der Waals surface area contributed by atoms with Crippen molar-refractivity contribution in [3.8, 4) is 0 Å². The van der Waals surface area contributed by atoms with Gasteiger partial charge in [-0.2, -0.15) is 0 Å². The van der Waals surface area contributed by atoms with E-state index in [0.29, 0.717) is 17.8 Å². The van der Waals surface area contributed by atoms with Crippen LogP contribution >= 0.6 is 7.26 Å². The minimum atomic E-state index is -1.96. The van der Waals surface area contributed by atoms with Gasteiger partial charge in [0.05, 0.1) is 17.4 Å². The zero-order valence-corrected chi connectivity index (χ0v) is 24.8. The van der Waals surface area contributed by atoms with E-state index in [4.69, 9.17) is 0 Å². The third-order valence-electron chi connectivity index (χ3n) is 7.68. The van der Waals surface area contributed by atoms with Gasteiger partial charge in [-0.1, -0.05) is 54.6 Å². The Morgan fingerprint density at radius 3 is 1.86 bits per heavy atom. The summed E-state index contributed by atoms with van der Waals surface area (Å²) < 4.78 is 0. The lowest BCUT2D eigenvalue weighted by Crippen LogP contribution is -2.34. The molecule has 1 amide bonds. The number of carbonyl (C=O) groups excluding carboxylic acids is 3. The van der Waals surface area contributed by atoms with E-state index in [1.54, 1.807) is 24.3 Å². The number of nitrogens with one attached hydrogen (secondary N) is 2. The second kappa shape index (κ2) is 12.9. The largest absolute Gasteiger partial charge is 0.352 e. The summed E-state index contributed by atoms with van der Waals surface area (Å²) in [5, 5.41) is 10.0. The standard InChI is InChI=1S/C36H29N4O3P/c41-33-23-32(35(42)31-24-37-25-39-34(31)33)40-27-19-17-26(18-20-27)36(43)38-21-10-22-44(28-11-4-1-5-12-28,29-13-6-2-7-14-29)30-15-8-3-9-16-30/h1-9,11-20,23-25H,10,21-22H2,(H-,38,40,41,43)/p+1. The van der Waals surface area contributed by atoms with E-state index < -0.39 is 7.26 Å². The van der Waals surface area contributed by atoms with Crippen LogP contribution in [0.1, 0.15) is 37.6 Å². The molecule has 0 saturated carbocycles. The molecule has 1 aliphatic carbocycles. The number of anilines is 1. The number of hydrogen-bond acceptors (Lipinski definition) is 6. The molecule has 1 heterocycles. The van der Waals surface area contributed by atoms with E-state index in [1.165, 1.54) is 34.5 Å². The molecule has 0 bridgehead atoms. The Balaban J connectivity index is 1.13. The molecular weight excluding hydrogens is 567 g/mol. The molecule has 8 heteroatoms. The Morgan fingerprint density at radius 2 is 1.30 bits per heavy atom. The number of amides is 1. The average Bonchev–Trinajstić information content (AvgIpc) is 3.09. The summed E-state index contributed by atoms with van der Waals surface area (Å²) in [6.07, 6.45) is 5.53. The molecule has 0 fully saturated rings. The van der Waals surface area contributed by atoms with Crippen molar-refractivity contribution in [3.63, 3.8) is 0 Å². The fraction of sp³-hybridized carbons (Fsp3) is 0.0833. The maximum Gasteiger partial charge on any atom is 0.251 e. The van der Waals surface area contributed by atoms with E-state index in [9.17, 15) is 14.4 Å². The lowest BCUT2D eigenvalue weighted by atomic mass is 9.98. The molecule has 0 aliphatic heterocycles. The van der Waals surface area contributed by atoms with Gasteiger partial charge in [-0.3, -0.25) is 14.4 Å². The number of rotatable bonds is 10. The van der Waals surface area contributed by atoms with Crippen LogP contribution in [-0.2, 0) is 0 Å². The van der Waals surface area contributed by atoms with Crippen molar-refractivity contribution in [2.75, 3.05) is 18.0 Å². The van der Waals surface area contributed by atoms with Gasteiger partial charge in [0.25, 0.3) is 5.91 Å². The van der Waals surface area contributed by atoms with Crippen LogP contribution in [0.25, 0.3) is 0 Å². The van der Waals surface area contributed by atoms with Gasteiger partial charge in [0, 0.05) is 30.1 Å². The fourth-order valence-electron chi connectivity index (χ4n) is 5.56. The highest BCUT2D eigenvalue weighted by atomic mass is 31.2. The van der Waals surface area contributed by atoms with E-state index >= 15 is 0 Å². The minimum Gasteiger partial charge on any atom is -0.352 e. The molecule has 5 aromatic rings. The third-order valence-corrected chi connectivity index (χ3v) is 12.2. The molecule has 1 aromatic heterocycles. The zero-order valence-electron chi connectivity index (χ0n) is 23.9. The van der Waals surface area contributed by atoms with E-state index in [0.717, 1.165) is 12.6 Å². The SMILES string of the molecule is O=C(NCCC[P+](c1ccccc1)(c1ccccc1)c1ccccc1)c1ccc(NC2=CC(=O)c3ncncc3C2=O)cc1. The molecule has 0 atom stereocenters. The van der Waals surface area contributed by atoms with Gasteiger partial charge >= 0.3 is 0 Å². The number of carbonyl (C=O) groups is 3. The van der Waals surface area contributed by atoms with Crippen LogP contribution in [0, 0.1) is 0 Å². The van der Waals surface area contributed by atoms with Gasteiger partial charge in [0.15, 0.2) is 0 Å². The monoisotopic (exact) mass is 597 g/mol. The Kier molecular flexibility index (Phi) is 8.48. The normalized spacial score (nSPS) is 12.7. The highest BCUT2D eigenvalue weighted by Crippen LogP contribution is 2.55. The molecule has 7 nitrogen and oxygen atoms in total. The summed E-state index contributed by atoms with van der Waals surface area (Å²) in [5.74, 6) is -0.893. The van der Waals surface area contributed by atoms with Gasteiger partial charge in [-0.05, 0) is 67.1 Å². The molecule has 4 aromatic carbocycles. The highest BCUT2D eigenvalue weighted by Gasteiger charge is 2.44. The molecule has 0 radical (unpaired) electrons. The summed E-state index contributed by atoms with van der Waals surface area (Å²) in [6.45, 7) is 0.526. The summed E-state index contributed by atoms with van der Waals surface area (Å²) >= 11 is 0. The Morgan fingerprint density at radius 1 is 0.727 bits per heavy atom. The lowest BCUT2D eigenvalue weighted by Gasteiger charge is -2.27. The highest BCUT2D eigenvalue weighted by molar-refractivity contribution is 7.95. The number of allylic oxidation sites excluding steroid dienone is 2. The Bertz CT molecular complexity index is 1730. The number of benzene rings is 4. The molecule has 1 aliphatic rings. The smallest absolute Gasteiger partial charge is 0.251 e. The van der Waals surface area contributed by atoms with E-state index in [2.05, 4.69) is 93.4 Å². The third kappa shape index (κ3) is 5.83. The van der Waals surface area contributed by atoms with Crippen molar-refractivity contribution < 1.29 is 14.4 Å². The maximum absolute atomic E-state index is 13.1. The molecule has 0 saturated heterocycles. The maximum atomic E-state index is 13.1. The molecule has 0 unspecified atom stereocenters. The number of ketones is 2. The molecule has 216 valence electrons. The van der Waals surface area contributed by atoms with Gasteiger partial charge < -0.3 is 10.6 Å². The first-order valence-electron chi connectivity index (χ1n) is 14.4. The molecule has 6 rings (SSSR count). The van der Waals surface area contributed by atoms with E-state index in [-0.39, 0.29) is 34.4 Å². The van der Waals surface area contributed by atoms with Gasteiger partial charge in [0.1, 0.15) is 35.2 Å². The summed E-state index contributed by atoms with van der Waals surface area (Å²) in [7, 11) is -1.96. The zero-order chi connectivity index (χ0) is 30.4. The second-order valence-electron chi connectivity index (χ2n) is 10.4. The summed E-state index contributed by atoms with van der Waals surface area (Å²) in [5.41, 5.74) is 1.48. The number of nitrogens with zero attached hydrogens (tertiary/aromatic N) is 2. The van der Waals surface area contributed by atoms with Crippen molar-refractivity contribution in [1.82, 2.24) is 15.3 Å². The quantitative estimate of drug-likeness (QED) is 0.174. The van der Waals surface area contributed by atoms with Crippen molar-refractivity contribution in [2.24, 2.45) is 0 Å². The minimum absolute atomic E-state index is 0.0956. The second-order valence-corrected chi connectivity index (χ2v) is 14.0. The summed E-state index contributed by atoms with van der Waals surface area (Å²) in [4.78, 5) is 46.0. The molecular formula is C36H30N4O3P+.